The number of anilines is 1. The maximum absolute atomic E-state index is 5.80. The van der Waals surface area contributed by atoms with Gasteiger partial charge in [-0.05, 0) is 18.5 Å². The SMILES string of the molecule is Cc1[nH]ncc1CNc1nc(Cl)nnc1Cl. The smallest absolute Gasteiger partial charge is 0.245 e. The van der Waals surface area contributed by atoms with Gasteiger partial charge in [0.15, 0.2) is 11.0 Å². The van der Waals surface area contributed by atoms with Crippen LogP contribution < -0.4 is 5.32 Å². The third-order valence-electron chi connectivity index (χ3n) is 2.00. The second-order valence-corrected chi connectivity index (χ2v) is 3.79. The van der Waals surface area contributed by atoms with Crippen molar-refractivity contribution in [3.05, 3.63) is 27.9 Å². The Bertz CT molecular complexity index is 497. The van der Waals surface area contributed by atoms with Crippen LogP contribution in [-0.2, 0) is 6.54 Å². The van der Waals surface area contributed by atoms with Crippen molar-refractivity contribution in [2.24, 2.45) is 0 Å². The highest BCUT2D eigenvalue weighted by molar-refractivity contribution is 6.32. The summed E-state index contributed by atoms with van der Waals surface area (Å²) in [6.07, 6.45) is 1.73. The van der Waals surface area contributed by atoms with E-state index in [4.69, 9.17) is 23.2 Å². The van der Waals surface area contributed by atoms with Gasteiger partial charge in [-0.25, -0.2) is 0 Å². The summed E-state index contributed by atoms with van der Waals surface area (Å²) in [6.45, 7) is 2.47. The molecule has 0 aromatic carbocycles. The van der Waals surface area contributed by atoms with Crippen molar-refractivity contribution in [1.82, 2.24) is 25.4 Å². The molecule has 0 unspecified atom stereocenters. The van der Waals surface area contributed by atoms with Crippen LogP contribution in [0.5, 0.6) is 0 Å². The van der Waals surface area contributed by atoms with Gasteiger partial charge in [-0.2, -0.15) is 10.1 Å². The Morgan fingerprint density at radius 2 is 2.19 bits per heavy atom. The fourth-order valence-electron chi connectivity index (χ4n) is 1.14. The fraction of sp³-hybridized carbons (Fsp3) is 0.250. The van der Waals surface area contributed by atoms with Gasteiger partial charge in [-0.15, -0.1) is 10.2 Å². The third kappa shape index (κ3) is 2.40. The molecular formula is C8H8Cl2N6. The molecule has 0 saturated heterocycles. The molecule has 0 bridgehead atoms. The van der Waals surface area contributed by atoms with Gasteiger partial charge in [0.1, 0.15) is 0 Å². The number of H-pyrrole nitrogens is 1. The number of nitrogens with zero attached hydrogens (tertiary/aromatic N) is 4. The molecule has 0 atom stereocenters. The summed E-state index contributed by atoms with van der Waals surface area (Å²) in [5, 5.41) is 17.1. The molecule has 0 spiro atoms. The second kappa shape index (κ2) is 4.63. The lowest BCUT2D eigenvalue weighted by molar-refractivity contribution is 0.956. The Morgan fingerprint density at radius 3 is 2.88 bits per heavy atom. The fourth-order valence-corrected chi connectivity index (χ4v) is 1.41. The third-order valence-corrected chi connectivity index (χ3v) is 2.42. The van der Waals surface area contributed by atoms with Crippen LogP contribution in [0.25, 0.3) is 0 Å². The van der Waals surface area contributed by atoms with Crippen molar-refractivity contribution in [3.8, 4) is 0 Å². The Balaban J connectivity index is 2.10. The Hall–Kier alpha value is -1.40. The van der Waals surface area contributed by atoms with Crippen molar-refractivity contribution < 1.29 is 0 Å². The second-order valence-electron chi connectivity index (χ2n) is 3.09. The van der Waals surface area contributed by atoms with E-state index in [1.807, 2.05) is 6.92 Å². The average Bonchev–Trinajstić information content (AvgIpc) is 2.66. The molecule has 2 aromatic rings. The van der Waals surface area contributed by atoms with Gasteiger partial charge >= 0.3 is 0 Å². The molecule has 2 N–H and O–H groups in total. The summed E-state index contributed by atoms with van der Waals surface area (Å²) in [5.74, 6) is 0.405. The van der Waals surface area contributed by atoms with Crippen LogP contribution >= 0.6 is 23.2 Å². The minimum absolute atomic E-state index is 0.0517. The van der Waals surface area contributed by atoms with Crippen molar-refractivity contribution >= 4 is 29.0 Å². The predicted molar refractivity (Wildman–Crippen MR) is 60.5 cm³/mol. The maximum atomic E-state index is 5.80. The molecule has 6 nitrogen and oxygen atoms in total. The Morgan fingerprint density at radius 1 is 1.38 bits per heavy atom. The first-order valence-electron chi connectivity index (χ1n) is 4.45. The number of aryl methyl sites for hydroxylation is 1. The number of nitrogens with one attached hydrogen (secondary N) is 2. The summed E-state index contributed by atoms with van der Waals surface area (Å²) in [6, 6.07) is 0. The lowest BCUT2D eigenvalue weighted by Gasteiger charge is -2.05. The largest absolute Gasteiger partial charge is 0.363 e. The molecular weight excluding hydrogens is 251 g/mol. The highest BCUT2D eigenvalue weighted by Crippen LogP contribution is 2.17. The quantitative estimate of drug-likeness (QED) is 0.878. The average molecular weight is 259 g/mol. The highest BCUT2D eigenvalue weighted by atomic mass is 35.5. The zero-order valence-corrected chi connectivity index (χ0v) is 9.84. The van der Waals surface area contributed by atoms with Crippen LogP contribution in [-0.4, -0.2) is 25.4 Å². The molecule has 84 valence electrons. The van der Waals surface area contributed by atoms with Crippen molar-refractivity contribution in [3.63, 3.8) is 0 Å². The summed E-state index contributed by atoms with van der Waals surface area (Å²) in [7, 11) is 0. The van der Waals surface area contributed by atoms with E-state index in [1.165, 1.54) is 0 Å². The van der Waals surface area contributed by atoms with Crippen molar-refractivity contribution in [2.45, 2.75) is 13.5 Å². The molecule has 0 aliphatic carbocycles. The molecule has 8 heteroatoms. The molecule has 2 heterocycles. The number of hydrogen-bond acceptors (Lipinski definition) is 5. The van der Waals surface area contributed by atoms with E-state index in [-0.39, 0.29) is 10.4 Å². The minimum Gasteiger partial charge on any atom is -0.363 e. The van der Waals surface area contributed by atoms with Crippen LogP contribution in [0.15, 0.2) is 6.20 Å². The molecule has 0 amide bonds. The van der Waals surface area contributed by atoms with Crippen LogP contribution in [0.2, 0.25) is 10.4 Å². The van der Waals surface area contributed by atoms with Crippen molar-refractivity contribution in [2.75, 3.05) is 5.32 Å². The maximum Gasteiger partial charge on any atom is 0.245 e. The lowest BCUT2D eigenvalue weighted by atomic mass is 10.3. The van der Waals surface area contributed by atoms with Crippen LogP contribution in [0.1, 0.15) is 11.3 Å². The van der Waals surface area contributed by atoms with E-state index < -0.39 is 0 Å². The Labute approximate surface area is 101 Å². The first-order chi connectivity index (χ1) is 7.66. The van der Waals surface area contributed by atoms with E-state index in [0.717, 1.165) is 11.3 Å². The molecule has 0 aliphatic rings. The van der Waals surface area contributed by atoms with E-state index in [2.05, 4.69) is 30.7 Å². The summed E-state index contributed by atoms with van der Waals surface area (Å²) in [5.41, 5.74) is 2.00. The van der Waals surface area contributed by atoms with Gasteiger partial charge in [0.25, 0.3) is 0 Å². The number of aromatic amines is 1. The molecule has 0 aliphatic heterocycles. The first kappa shape index (κ1) is 11.1. The Kier molecular flexibility index (Phi) is 3.21. The standard InChI is InChI=1S/C8H8Cl2N6/c1-4-5(3-12-14-4)2-11-7-6(9)15-16-8(10)13-7/h3H,2H2,1H3,(H,12,14)(H,11,13,16). The van der Waals surface area contributed by atoms with Crippen molar-refractivity contribution in [1.29, 1.82) is 0 Å². The lowest BCUT2D eigenvalue weighted by Crippen LogP contribution is -2.04. The highest BCUT2D eigenvalue weighted by Gasteiger charge is 2.06. The number of hydrogen-bond donors (Lipinski definition) is 2. The van der Waals surface area contributed by atoms with Gasteiger partial charge in [0.05, 0.1) is 6.20 Å². The van der Waals surface area contributed by atoms with Crippen LogP contribution in [0, 0.1) is 6.92 Å². The normalized spacial score (nSPS) is 10.4. The molecule has 2 aromatic heterocycles. The van der Waals surface area contributed by atoms with Gasteiger partial charge in [-0.1, -0.05) is 11.6 Å². The predicted octanol–water partition coefficient (Wildman–Crippen LogP) is 1.82. The zero-order chi connectivity index (χ0) is 11.5. The summed E-state index contributed by atoms with van der Waals surface area (Å²) in [4.78, 5) is 3.92. The molecule has 16 heavy (non-hydrogen) atoms. The topological polar surface area (TPSA) is 79.4 Å². The van der Waals surface area contributed by atoms with Gasteiger partial charge in [0, 0.05) is 17.8 Å². The molecule has 2 rings (SSSR count). The number of halogens is 2. The van der Waals surface area contributed by atoms with E-state index >= 15 is 0 Å². The molecule has 0 fully saturated rings. The number of aromatic nitrogens is 5. The monoisotopic (exact) mass is 258 g/mol. The van der Waals surface area contributed by atoms with E-state index in [9.17, 15) is 0 Å². The number of rotatable bonds is 3. The summed E-state index contributed by atoms with van der Waals surface area (Å²) >= 11 is 11.4. The van der Waals surface area contributed by atoms with Gasteiger partial charge < -0.3 is 5.32 Å². The molecule has 0 radical (unpaired) electrons. The van der Waals surface area contributed by atoms with Crippen LogP contribution in [0.3, 0.4) is 0 Å². The summed E-state index contributed by atoms with van der Waals surface area (Å²) < 4.78 is 0. The van der Waals surface area contributed by atoms with E-state index in [0.29, 0.717) is 12.4 Å². The molecule has 0 saturated carbocycles. The van der Waals surface area contributed by atoms with E-state index in [1.54, 1.807) is 6.20 Å². The van der Waals surface area contributed by atoms with Gasteiger partial charge in [0.2, 0.25) is 5.28 Å². The van der Waals surface area contributed by atoms with Crippen LogP contribution in [0.4, 0.5) is 5.82 Å². The van der Waals surface area contributed by atoms with Gasteiger partial charge in [-0.3, -0.25) is 5.10 Å². The zero-order valence-electron chi connectivity index (χ0n) is 8.33. The first-order valence-corrected chi connectivity index (χ1v) is 5.21. The minimum atomic E-state index is 0.0517.